The monoisotopic (exact) mass is 534 g/mol. The molecule has 1 atom stereocenters. The number of hydrogen-bond donors (Lipinski definition) is 1. The number of methoxy groups -OCH3 is 1. The van der Waals surface area contributed by atoms with E-state index in [2.05, 4.69) is 19.2 Å². The minimum Gasteiger partial charge on any atom is -0.497 e. The van der Waals surface area contributed by atoms with Crippen molar-refractivity contribution < 1.29 is 17.9 Å². The van der Waals surface area contributed by atoms with Crippen molar-refractivity contribution in [3.05, 3.63) is 88.4 Å². The Morgan fingerprint density at radius 3 is 2.23 bits per heavy atom. The second-order valence-corrected chi connectivity index (χ2v) is 11.1. The summed E-state index contributed by atoms with van der Waals surface area (Å²) < 4.78 is 33.3. The van der Waals surface area contributed by atoms with Gasteiger partial charge < -0.3 is 10.1 Å². The molecule has 0 saturated carbocycles. The van der Waals surface area contributed by atoms with Crippen molar-refractivity contribution in [2.24, 2.45) is 5.92 Å². The van der Waals surface area contributed by atoms with E-state index in [0.717, 1.165) is 9.87 Å². The lowest BCUT2D eigenvalue weighted by molar-refractivity contribution is -0.120. The number of anilines is 1. The van der Waals surface area contributed by atoms with Gasteiger partial charge in [0.05, 0.1) is 28.8 Å². The first-order valence-electron chi connectivity index (χ1n) is 11.1. The first-order chi connectivity index (χ1) is 16.6. The first-order valence-corrected chi connectivity index (χ1v) is 13.3. The van der Waals surface area contributed by atoms with E-state index in [0.29, 0.717) is 17.2 Å². The number of benzene rings is 3. The van der Waals surface area contributed by atoms with Gasteiger partial charge in [-0.15, -0.1) is 0 Å². The van der Waals surface area contributed by atoms with Gasteiger partial charge in [0.25, 0.3) is 10.0 Å². The van der Waals surface area contributed by atoms with Crippen molar-refractivity contribution in [3.63, 3.8) is 0 Å². The highest BCUT2D eigenvalue weighted by atomic mass is 35.5. The van der Waals surface area contributed by atoms with Crippen LogP contribution in [0.2, 0.25) is 10.0 Å². The summed E-state index contributed by atoms with van der Waals surface area (Å²) in [5.41, 5.74) is 1.06. The lowest BCUT2D eigenvalue weighted by Crippen LogP contribution is -2.42. The van der Waals surface area contributed by atoms with Crippen LogP contribution in [0.25, 0.3) is 0 Å². The number of hydrogen-bond acceptors (Lipinski definition) is 4. The highest BCUT2D eigenvalue weighted by Crippen LogP contribution is 2.33. The Labute approximate surface area is 216 Å². The smallest absolute Gasteiger partial charge is 0.264 e. The van der Waals surface area contributed by atoms with Gasteiger partial charge in [-0.05, 0) is 60.4 Å². The van der Waals surface area contributed by atoms with Crippen molar-refractivity contribution in [1.29, 1.82) is 0 Å². The molecular weight excluding hydrogens is 507 g/mol. The molecule has 1 amide bonds. The van der Waals surface area contributed by atoms with Gasteiger partial charge in [-0.1, -0.05) is 67.4 Å². The summed E-state index contributed by atoms with van der Waals surface area (Å²) in [7, 11) is -2.50. The molecule has 0 saturated heterocycles. The molecule has 0 spiro atoms. The van der Waals surface area contributed by atoms with E-state index in [1.807, 2.05) is 24.3 Å². The van der Waals surface area contributed by atoms with Gasteiger partial charge in [0, 0.05) is 5.02 Å². The van der Waals surface area contributed by atoms with E-state index in [-0.39, 0.29) is 27.6 Å². The lowest BCUT2D eigenvalue weighted by atomic mass is 9.97. The molecule has 0 fully saturated rings. The van der Waals surface area contributed by atoms with Crippen molar-refractivity contribution in [3.8, 4) is 5.75 Å². The maximum absolute atomic E-state index is 13.5. The van der Waals surface area contributed by atoms with Crippen LogP contribution in [-0.2, 0) is 14.8 Å². The van der Waals surface area contributed by atoms with Crippen LogP contribution >= 0.6 is 23.2 Å². The Balaban J connectivity index is 1.94. The molecule has 0 aliphatic carbocycles. The Bertz CT molecular complexity index is 1250. The van der Waals surface area contributed by atoms with Gasteiger partial charge in [0.15, 0.2) is 0 Å². The van der Waals surface area contributed by atoms with Crippen molar-refractivity contribution in [2.75, 3.05) is 18.0 Å². The molecule has 0 aromatic heterocycles. The molecule has 1 N–H and O–H groups in total. The fraction of sp³-hybridized carbons (Fsp3) is 0.269. The molecule has 3 aromatic rings. The third-order valence-corrected chi connectivity index (χ3v) is 7.67. The molecule has 3 rings (SSSR count). The molecule has 0 aliphatic heterocycles. The summed E-state index contributed by atoms with van der Waals surface area (Å²) in [4.78, 5) is 13.3. The quantitative estimate of drug-likeness (QED) is 0.340. The minimum atomic E-state index is -4.09. The molecule has 186 valence electrons. The number of nitrogens with one attached hydrogen (secondary N) is 1. The first kappa shape index (κ1) is 26.9. The normalized spacial score (nSPS) is 12.3. The molecule has 0 heterocycles. The van der Waals surface area contributed by atoms with Crippen LogP contribution in [0.5, 0.6) is 5.75 Å². The second kappa shape index (κ2) is 11.8. The van der Waals surface area contributed by atoms with E-state index < -0.39 is 22.5 Å². The number of amides is 1. The Hall–Kier alpha value is -2.74. The van der Waals surface area contributed by atoms with Crippen LogP contribution in [0, 0.1) is 5.92 Å². The SMILES string of the molecule is COc1ccc([C@H](CC(C)C)NC(=O)CN(c2ccc(Cl)cc2Cl)S(=O)(=O)c2ccccc2)cc1. The highest BCUT2D eigenvalue weighted by molar-refractivity contribution is 7.92. The standard InChI is InChI=1S/C26H28Cl2N2O4S/c1-18(2)15-24(19-9-12-21(34-3)13-10-19)29-26(31)17-30(25-14-11-20(27)16-23(25)28)35(32,33)22-7-5-4-6-8-22/h4-14,16,18,24H,15,17H2,1-3H3,(H,29,31)/t24-/m0/s1. The van der Waals surface area contributed by atoms with Crippen LogP contribution in [0.3, 0.4) is 0 Å². The van der Waals surface area contributed by atoms with E-state index in [4.69, 9.17) is 27.9 Å². The fourth-order valence-electron chi connectivity index (χ4n) is 3.66. The molecule has 0 aliphatic rings. The number of carbonyl (C=O) groups is 1. The zero-order chi connectivity index (χ0) is 25.6. The van der Waals surface area contributed by atoms with E-state index in [1.54, 1.807) is 25.3 Å². The molecule has 0 radical (unpaired) electrons. The molecular formula is C26H28Cl2N2O4S. The topological polar surface area (TPSA) is 75.7 Å². The Morgan fingerprint density at radius 2 is 1.66 bits per heavy atom. The van der Waals surface area contributed by atoms with E-state index >= 15 is 0 Å². The summed E-state index contributed by atoms with van der Waals surface area (Å²) >= 11 is 12.4. The predicted octanol–water partition coefficient (Wildman–Crippen LogP) is 6.10. The number of nitrogens with zero attached hydrogens (tertiary/aromatic N) is 1. The third kappa shape index (κ3) is 6.90. The largest absolute Gasteiger partial charge is 0.497 e. The summed E-state index contributed by atoms with van der Waals surface area (Å²) in [6.07, 6.45) is 0.672. The number of rotatable bonds is 10. The van der Waals surface area contributed by atoms with Gasteiger partial charge in [-0.2, -0.15) is 0 Å². The van der Waals surface area contributed by atoms with Crippen molar-refractivity contribution in [1.82, 2.24) is 5.32 Å². The average molecular weight is 535 g/mol. The third-order valence-electron chi connectivity index (χ3n) is 5.36. The van der Waals surface area contributed by atoms with Crippen LogP contribution in [0.15, 0.2) is 77.7 Å². The Kier molecular flexibility index (Phi) is 9.05. The van der Waals surface area contributed by atoms with Gasteiger partial charge in [-0.3, -0.25) is 9.10 Å². The number of carbonyl (C=O) groups excluding carboxylic acids is 1. The van der Waals surface area contributed by atoms with Crippen LogP contribution < -0.4 is 14.4 Å². The average Bonchev–Trinajstić information content (AvgIpc) is 2.83. The minimum absolute atomic E-state index is 0.0488. The Morgan fingerprint density at radius 1 is 1.00 bits per heavy atom. The molecule has 6 nitrogen and oxygen atoms in total. The van der Waals surface area contributed by atoms with Crippen LogP contribution in [0.1, 0.15) is 31.9 Å². The summed E-state index contributed by atoms with van der Waals surface area (Å²) in [5.74, 6) is 0.537. The lowest BCUT2D eigenvalue weighted by Gasteiger charge is -2.27. The maximum atomic E-state index is 13.5. The van der Waals surface area contributed by atoms with Crippen LogP contribution in [0.4, 0.5) is 5.69 Å². The summed E-state index contributed by atoms with van der Waals surface area (Å²) in [6, 6.07) is 19.5. The van der Waals surface area contributed by atoms with Crippen molar-refractivity contribution >= 4 is 44.8 Å². The molecule has 3 aromatic carbocycles. The highest BCUT2D eigenvalue weighted by Gasteiger charge is 2.29. The molecule has 35 heavy (non-hydrogen) atoms. The molecule has 0 bridgehead atoms. The zero-order valence-corrected chi connectivity index (χ0v) is 22.1. The van der Waals surface area contributed by atoms with Gasteiger partial charge >= 0.3 is 0 Å². The molecule has 0 unspecified atom stereocenters. The fourth-order valence-corrected chi connectivity index (χ4v) is 5.68. The summed E-state index contributed by atoms with van der Waals surface area (Å²) in [5, 5.41) is 3.48. The predicted molar refractivity (Wildman–Crippen MR) is 141 cm³/mol. The van der Waals surface area contributed by atoms with Crippen molar-refractivity contribution in [2.45, 2.75) is 31.2 Å². The second-order valence-electron chi connectivity index (χ2n) is 8.44. The van der Waals surface area contributed by atoms with Gasteiger partial charge in [0.2, 0.25) is 5.91 Å². The van der Waals surface area contributed by atoms with E-state index in [1.165, 1.54) is 30.3 Å². The maximum Gasteiger partial charge on any atom is 0.264 e. The summed E-state index contributed by atoms with van der Waals surface area (Å²) in [6.45, 7) is 3.66. The van der Waals surface area contributed by atoms with E-state index in [9.17, 15) is 13.2 Å². The molecule has 9 heteroatoms. The number of halogens is 2. The van der Waals surface area contributed by atoms with Gasteiger partial charge in [0.1, 0.15) is 12.3 Å². The number of ether oxygens (including phenoxy) is 1. The zero-order valence-electron chi connectivity index (χ0n) is 19.7. The van der Waals surface area contributed by atoms with Gasteiger partial charge in [-0.25, -0.2) is 8.42 Å². The van der Waals surface area contributed by atoms with Crippen LogP contribution in [-0.4, -0.2) is 28.0 Å². The number of sulfonamides is 1.